The quantitative estimate of drug-likeness (QED) is 0.180. The molecule has 0 fully saturated rings. The molecule has 0 saturated heterocycles. The zero-order valence-electron chi connectivity index (χ0n) is 27.2. The van der Waals surface area contributed by atoms with Crippen molar-refractivity contribution in [3.8, 4) is 55.6 Å². The Balaban J connectivity index is 1.78. The van der Waals surface area contributed by atoms with E-state index in [4.69, 9.17) is 0 Å². The van der Waals surface area contributed by atoms with E-state index >= 15 is 0 Å². The van der Waals surface area contributed by atoms with Gasteiger partial charge in [-0.05, 0) is 99.9 Å². The van der Waals surface area contributed by atoms with Crippen LogP contribution in [0.25, 0.3) is 61.2 Å². The summed E-state index contributed by atoms with van der Waals surface area (Å²) in [6, 6.07) is 49.4. The highest BCUT2D eigenvalue weighted by Crippen LogP contribution is 2.55. The third-order valence-electron chi connectivity index (χ3n) is 9.25. The molecule has 0 N–H and O–H groups in total. The summed E-state index contributed by atoms with van der Waals surface area (Å²) >= 11 is 0. The first-order valence-corrected chi connectivity index (χ1v) is 16.4. The molecule has 1 aliphatic carbocycles. The summed E-state index contributed by atoms with van der Waals surface area (Å²) in [6.07, 6.45) is 8.23. The van der Waals surface area contributed by atoms with E-state index in [2.05, 4.69) is 179 Å². The summed E-state index contributed by atoms with van der Waals surface area (Å²) < 4.78 is 0. The molecule has 0 amide bonds. The van der Waals surface area contributed by atoms with Crippen LogP contribution in [0.15, 0.2) is 152 Å². The molecule has 6 aromatic carbocycles. The van der Waals surface area contributed by atoms with E-state index in [-0.39, 0.29) is 0 Å². The molecule has 0 nitrogen and oxygen atoms in total. The van der Waals surface area contributed by atoms with Crippen molar-refractivity contribution < 1.29 is 0 Å². The maximum Gasteiger partial charge on any atom is -0.00139 e. The highest BCUT2D eigenvalue weighted by atomic mass is 14.3. The van der Waals surface area contributed by atoms with Crippen LogP contribution < -0.4 is 0 Å². The van der Waals surface area contributed by atoms with E-state index < -0.39 is 0 Å². The van der Waals surface area contributed by atoms with E-state index in [0.29, 0.717) is 5.92 Å². The van der Waals surface area contributed by atoms with Crippen molar-refractivity contribution in [1.29, 1.82) is 0 Å². The van der Waals surface area contributed by atoms with Crippen LogP contribution in [-0.2, 0) is 0 Å². The Morgan fingerprint density at radius 3 is 1.04 bits per heavy atom. The molecule has 224 valence electrons. The number of hydrogen-bond donors (Lipinski definition) is 0. The summed E-state index contributed by atoms with van der Waals surface area (Å²) in [4.78, 5) is 0. The molecule has 1 aliphatic rings. The molecule has 0 aromatic heterocycles. The summed E-state index contributed by atoms with van der Waals surface area (Å²) in [7, 11) is 0. The number of allylic oxidation sites excluding steroid dienone is 4. The smallest absolute Gasteiger partial charge is 0.00139 e. The molecule has 1 unspecified atom stereocenters. The first kappa shape index (κ1) is 29.5. The fourth-order valence-corrected chi connectivity index (χ4v) is 6.77. The SMILES string of the molecule is Cc1ccc(-c2c(C3=CCC(C)C=C3)c(-c3ccccc3)c(-c3ccc(C)cc3)c(-c3ccccc3)c2-c2ccc(C)cc2)cc1. The standard InChI is InChI=1S/C46H40/c1-31-15-23-37(24-16-31)43-41(35-11-7-5-8-12-35)44(38-25-17-32(2)18-26-38)46(40-29-21-34(4)22-30-40)45(39-27-19-33(3)20-28-39)42(43)36-13-9-6-10-14-36/h5-19,21-30,33H,20H2,1-4H3. The number of aryl methyl sites for hydroxylation is 3. The van der Waals surface area contributed by atoms with Gasteiger partial charge in [0, 0.05) is 0 Å². The van der Waals surface area contributed by atoms with Crippen molar-refractivity contribution in [3.05, 3.63) is 174 Å². The molecule has 0 spiro atoms. The molecule has 0 bridgehead atoms. The van der Waals surface area contributed by atoms with Gasteiger partial charge in [-0.15, -0.1) is 0 Å². The van der Waals surface area contributed by atoms with Crippen LogP contribution in [0.5, 0.6) is 0 Å². The molecule has 0 aliphatic heterocycles. The van der Waals surface area contributed by atoms with Crippen LogP contribution in [0.2, 0.25) is 0 Å². The Labute approximate surface area is 274 Å². The Kier molecular flexibility index (Phi) is 8.12. The van der Waals surface area contributed by atoms with E-state index in [0.717, 1.165) is 6.42 Å². The molecule has 7 rings (SSSR count). The predicted octanol–water partition coefficient (Wildman–Crippen LogP) is 12.9. The molecule has 0 saturated carbocycles. The van der Waals surface area contributed by atoms with Gasteiger partial charge in [0.2, 0.25) is 0 Å². The van der Waals surface area contributed by atoms with Crippen molar-refractivity contribution in [2.75, 3.05) is 0 Å². The van der Waals surface area contributed by atoms with E-state index in [9.17, 15) is 0 Å². The Morgan fingerprint density at radius 2 is 0.717 bits per heavy atom. The van der Waals surface area contributed by atoms with Crippen LogP contribution >= 0.6 is 0 Å². The van der Waals surface area contributed by atoms with Gasteiger partial charge < -0.3 is 0 Å². The van der Waals surface area contributed by atoms with Crippen LogP contribution in [0, 0.1) is 26.7 Å². The normalized spacial score (nSPS) is 14.3. The lowest BCUT2D eigenvalue weighted by Gasteiger charge is -2.30. The number of hydrogen-bond acceptors (Lipinski definition) is 0. The number of benzene rings is 6. The van der Waals surface area contributed by atoms with E-state index in [1.54, 1.807) is 0 Å². The van der Waals surface area contributed by atoms with Gasteiger partial charge in [0.1, 0.15) is 0 Å². The van der Waals surface area contributed by atoms with Crippen LogP contribution in [0.4, 0.5) is 0 Å². The van der Waals surface area contributed by atoms with Crippen LogP contribution in [0.3, 0.4) is 0 Å². The highest BCUT2D eigenvalue weighted by molar-refractivity contribution is 6.13. The molecule has 0 radical (unpaired) electrons. The summed E-state index contributed by atoms with van der Waals surface area (Å²) in [5.74, 6) is 0.517. The first-order valence-electron chi connectivity index (χ1n) is 16.4. The molecular weight excluding hydrogens is 553 g/mol. The number of rotatable bonds is 6. The van der Waals surface area contributed by atoms with Crippen molar-refractivity contribution in [2.24, 2.45) is 5.92 Å². The first-order chi connectivity index (χ1) is 22.5. The van der Waals surface area contributed by atoms with Gasteiger partial charge in [-0.2, -0.15) is 0 Å². The maximum atomic E-state index is 2.46. The molecule has 0 heteroatoms. The van der Waals surface area contributed by atoms with Gasteiger partial charge >= 0.3 is 0 Å². The molecule has 1 atom stereocenters. The van der Waals surface area contributed by atoms with Gasteiger partial charge in [0.05, 0.1) is 0 Å². The second-order valence-corrected chi connectivity index (χ2v) is 12.8. The molecule has 6 aromatic rings. The summed E-state index contributed by atoms with van der Waals surface area (Å²) in [5.41, 5.74) is 18.8. The topological polar surface area (TPSA) is 0 Å². The Bertz CT molecular complexity index is 2040. The van der Waals surface area contributed by atoms with Crippen molar-refractivity contribution in [1.82, 2.24) is 0 Å². The minimum Gasteiger partial charge on any atom is -0.0808 e. The van der Waals surface area contributed by atoms with E-state index in [1.807, 2.05) is 0 Å². The van der Waals surface area contributed by atoms with Gasteiger partial charge in [0.15, 0.2) is 0 Å². The lowest BCUT2D eigenvalue weighted by atomic mass is 9.73. The predicted molar refractivity (Wildman–Crippen MR) is 199 cm³/mol. The fraction of sp³-hybridized carbons (Fsp3) is 0.130. The maximum absolute atomic E-state index is 2.46. The Hall–Kier alpha value is -5.20. The largest absolute Gasteiger partial charge is 0.0808 e. The zero-order valence-corrected chi connectivity index (χ0v) is 27.2. The third kappa shape index (κ3) is 5.68. The lowest BCUT2D eigenvalue weighted by Crippen LogP contribution is -2.05. The highest BCUT2D eigenvalue weighted by Gasteiger charge is 2.29. The van der Waals surface area contributed by atoms with Crippen molar-refractivity contribution >= 4 is 5.57 Å². The molecule has 0 heterocycles. The van der Waals surface area contributed by atoms with Crippen molar-refractivity contribution in [2.45, 2.75) is 34.1 Å². The molecular formula is C46H40. The van der Waals surface area contributed by atoms with Gasteiger partial charge in [0.25, 0.3) is 0 Å². The monoisotopic (exact) mass is 592 g/mol. The molecule has 46 heavy (non-hydrogen) atoms. The summed E-state index contributed by atoms with van der Waals surface area (Å²) in [6.45, 7) is 8.81. The minimum absolute atomic E-state index is 0.517. The average Bonchev–Trinajstić information content (AvgIpc) is 3.09. The Morgan fingerprint density at radius 1 is 0.391 bits per heavy atom. The second kappa shape index (κ2) is 12.7. The summed E-state index contributed by atoms with van der Waals surface area (Å²) in [5, 5.41) is 0. The van der Waals surface area contributed by atoms with Crippen LogP contribution in [-0.4, -0.2) is 0 Å². The fourth-order valence-electron chi connectivity index (χ4n) is 6.77. The third-order valence-corrected chi connectivity index (χ3v) is 9.25. The average molecular weight is 593 g/mol. The second-order valence-electron chi connectivity index (χ2n) is 12.8. The minimum atomic E-state index is 0.517. The lowest BCUT2D eigenvalue weighted by molar-refractivity contribution is 0.739. The van der Waals surface area contributed by atoms with Gasteiger partial charge in [-0.25, -0.2) is 0 Å². The van der Waals surface area contributed by atoms with E-state index in [1.165, 1.54) is 83.5 Å². The van der Waals surface area contributed by atoms with Crippen molar-refractivity contribution in [3.63, 3.8) is 0 Å². The van der Waals surface area contributed by atoms with Gasteiger partial charge in [-0.1, -0.05) is 175 Å². The van der Waals surface area contributed by atoms with Crippen LogP contribution in [0.1, 0.15) is 35.6 Å². The zero-order chi connectivity index (χ0) is 31.6. The van der Waals surface area contributed by atoms with Gasteiger partial charge in [-0.3, -0.25) is 0 Å².